The van der Waals surface area contributed by atoms with Crippen LogP contribution in [0.3, 0.4) is 0 Å². The van der Waals surface area contributed by atoms with Crippen LogP contribution in [0.15, 0.2) is 48.5 Å². The molecule has 2 aromatic rings. The Balaban J connectivity index is 1.99. The van der Waals surface area contributed by atoms with Crippen molar-refractivity contribution in [3.63, 3.8) is 0 Å². The summed E-state index contributed by atoms with van der Waals surface area (Å²) in [5.74, 6) is -2.87. The zero-order valence-electron chi connectivity index (χ0n) is 20.0. The predicted octanol–water partition coefficient (Wildman–Crippen LogP) is 1.78. The number of rotatable bonds is 8. The molecule has 0 unspecified atom stereocenters. The second-order valence-electron chi connectivity index (χ2n) is 9.20. The molecule has 0 saturated carbocycles. The van der Waals surface area contributed by atoms with Gasteiger partial charge in [-0.3, -0.25) is 29.1 Å². The topological polar surface area (TPSA) is 122 Å². The van der Waals surface area contributed by atoms with E-state index in [0.29, 0.717) is 39.1 Å². The van der Waals surface area contributed by atoms with Crippen molar-refractivity contribution in [2.45, 2.75) is 32.5 Å². The lowest BCUT2D eigenvalue weighted by Crippen LogP contribution is -2.49. The summed E-state index contributed by atoms with van der Waals surface area (Å²) in [5, 5.41) is 28.6. The van der Waals surface area contributed by atoms with Gasteiger partial charge in [0.15, 0.2) is 0 Å². The minimum Gasteiger partial charge on any atom is -0.480 e. The number of aliphatic carboxylic acids is 3. The van der Waals surface area contributed by atoms with Crippen molar-refractivity contribution in [2.24, 2.45) is 0 Å². The molecule has 3 rings (SSSR count). The highest BCUT2D eigenvalue weighted by Gasteiger charge is 2.26. The Kier molecular flexibility index (Phi) is 9.36. The van der Waals surface area contributed by atoms with Crippen LogP contribution in [0.1, 0.15) is 22.3 Å². The molecule has 0 saturated heterocycles. The summed E-state index contributed by atoms with van der Waals surface area (Å²) < 4.78 is 0. The molecular formula is C26H33N3O6. The maximum absolute atomic E-state index is 11.8. The molecule has 0 amide bonds. The van der Waals surface area contributed by atoms with E-state index in [9.17, 15) is 29.7 Å². The third-order valence-corrected chi connectivity index (χ3v) is 6.15. The quantitative estimate of drug-likeness (QED) is 0.516. The van der Waals surface area contributed by atoms with Crippen molar-refractivity contribution >= 4 is 17.9 Å². The predicted molar refractivity (Wildman–Crippen MR) is 130 cm³/mol. The van der Waals surface area contributed by atoms with Gasteiger partial charge in [-0.05, 0) is 30.0 Å². The monoisotopic (exact) mass is 483 g/mol. The molecule has 0 radical (unpaired) electrons. The molecule has 2 aromatic carbocycles. The number of hydrogen-bond donors (Lipinski definition) is 3. The lowest BCUT2D eigenvalue weighted by Gasteiger charge is -2.36. The standard InChI is InChI=1S/C26H33N3O6/c1-19-5-7-20(8-6-19)12-23-15-28(17-25(32)33)10-9-27(16-24(30)31)13-21-3-2-4-22(11-21)14-29(23)18-26(34)35/h2-8,11,23H,9-10,12-18H2,1H3,(H,30,31)(H,32,33)(H,34,35)/t23-/m0/s1. The van der Waals surface area contributed by atoms with Gasteiger partial charge in [-0.15, -0.1) is 0 Å². The maximum Gasteiger partial charge on any atom is 0.317 e. The van der Waals surface area contributed by atoms with Crippen molar-refractivity contribution in [1.82, 2.24) is 14.7 Å². The van der Waals surface area contributed by atoms with Crippen molar-refractivity contribution in [3.05, 3.63) is 70.8 Å². The van der Waals surface area contributed by atoms with Crippen LogP contribution < -0.4 is 0 Å². The number of fused-ring (bicyclic) bond motifs is 2. The zero-order valence-corrected chi connectivity index (χ0v) is 20.0. The van der Waals surface area contributed by atoms with Crippen molar-refractivity contribution in [2.75, 3.05) is 39.3 Å². The molecule has 1 aliphatic heterocycles. The Bertz CT molecular complexity index is 1030. The lowest BCUT2D eigenvalue weighted by molar-refractivity contribution is -0.141. The zero-order chi connectivity index (χ0) is 25.4. The Morgan fingerprint density at radius 3 is 2.00 bits per heavy atom. The minimum atomic E-state index is -0.981. The molecule has 0 fully saturated rings. The van der Waals surface area contributed by atoms with Gasteiger partial charge in [0.05, 0.1) is 19.6 Å². The first-order chi connectivity index (χ1) is 16.7. The fraction of sp³-hybridized carbons (Fsp3) is 0.423. The summed E-state index contributed by atoms with van der Waals surface area (Å²) in [4.78, 5) is 40.3. The van der Waals surface area contributed by atoms with E-state index in [2.05, 4.69) is 0 Å². The summed E-state index contributed by atoms with van der Waals surface area (Å²) in [6.07, 6.45) is 0.558. The first kappa shape index (κ1) is 26.3. The maximum atomic E-state index is 11.8. The fourth-order valence-electron chi connectivity index (χ4n) is 4.52. The highest BCUT2D eigenvalue weighted by Crippen LogP contribution is 2.18. The number of benzene rings is 2. The summed E-state index contributed by atoms with van der Waals surface area (Å²) in [6, 6.07) is 15.5. The molecule has 0 aromatic heterocycles. The number of hydrogen-bond acceptors (Lipinski definition) is 6. The van der Waals surface area contributed by atoms with E-state index in [1.807, 2.05) is 60.4 Å². The van der Waals surface area contributed by atoms with Crippen LogP contribution in [0, 0.1) is 6.92 Å². The molecule has 9 nitrogen and oxygen atoms in total. The minimum absolute atomic E-state index is 0.150. The molecule has 1 heterocycles. The normalized spacial score (nSPS) is 18.4. The number of aryl methyl sites for hydroxylation is 1. The Hall–Kier alpha value is -3.27. The van der Waals surface area contributed by atoms with Gasteiger partial charge in [-0.1, -0.05) is 54.1 Å². The van der Waals surface area contributed by atoms with Gasteiger partial charge in [0, 0.05) is 38.8 Å². The SMILES string of the molecule is Cc1ccc(C[C@H]2CN(CC(=O)O)CCN(CC(=O)O)Cc3cccc(c3)CN2CC(=O)O)cc1. The van der Waals surface area contributed by atoms with E-state index < -0.39 is 17.9 Å². The van der Waals surface area contributed by atoms with Gasteiger partial charge in [0.1, 0.15) is 0 Å². The molecule has 9 heteroatoms. The summed E-state index contributed by atoms with van der Waals surface area (Å²) in [7, 11) is 0. The van der Waals surface area contributed by atoms with E-state index in [-0.39, 0.29) is 25.7 Å². The molecular weight excluding hydrogens is 450 g/mol. The van der Waals surface area contributed by atoms with Crippen molar-refractivity contribution < 1.29 is 29.7 Å². The van der Waals surface area contributed by atoms with Crippen LogP contribution in [-0.4, -0.2) is 93.2 Å². The van der Waals surface area contributed by atoms with Gasteiger partial charge in [-0.25, -0.2) is 0 Å². The molecule has 188 valence electrons. The second kappa shape index (κ2) is 12.4. The van der Waals surface area contributed by atoms with Gasteiger partial charge in [0.25, 0.3) is 0 Å². The van der Waals surface area contributed by atoms with Crippen LogP contribution in [0.4, 0.5) is 0 Å². The Morgan fingerprint density at radius 1 is 0.800 bits per heavy atom. The molecule has 1 atom stereocenters. The summed E-state index contributed by atoms with van der Waals surface area (Å²) >= 11 is 0. The van der Waals surface area contributed by atoms with Crippen molar-refractivity contribution in [1.29, 1.82) is 0 Å². The average molecular weight is 484 g/mol. The van der Waals surface area contributed by atoms with Gasteiger partial charge in [-0.2, -0.15) is 0 Å². The molecule has 0 aliphatic carbocycles. The molecule has 35 heavy (non-hydrogen) atoms. The highest BCUT2D eigenvalue weighted by atomic mass is 16.4. The van der Waals surface area contributed by atoms with Gasteiger partial charge >= 0.3 is 17.9 Å². The number of carbonyl (C=O) groups is 3. The van der Waals surface area contributed by atoms with Gasteiger partial charge < -0.3 is 15.3 Å². The van der Waals surface area contributed by atoms with Crippen LogP contribution in [0.25, 0.3) is 0 Å². The highest BCUT2D eigenvalue weighted by molar-refractivity contribution is 5.70. The number of nitrogens with zero attached hydrogens (tertiary/aromatic N) is 3. The lowest BCUT2D eigenvalue weighted by atomic mass is 10.0. The number of carboxylic acid groups (broad SMARTS) is 3. The van der Waals surface area contributed by atoms with Crippen LogP contribution in [0.5, 0.6) is 0 Å². The van der Waals surface area contributed by atoms with E-state index in [1.54, 1.807) is 9.80 Å². The Morgan fingerprint density at radius 2 is 1.37 bits per heavy atom. The van der Waals surface area contributed by atoms with Crippen LogP contribution in [-0.2, 0) is 33.9 Å². The summed E-state index contributed by atoms with van der Waals surface area (Å²) in [6.45, 7) is 3.33. The molecule has 2 bridgehead atoms. The second-order valence-corrected chi connectivity index (χ2v) is 9.20. The molecule has 1 aliphatic rings. The third kappa shape index (κ3) is 8.79. The molecule has 0 spiro atoms. The fourth-order valence-corrected chi connectivity index (χ4v) is 4.52. The Labute approximate surface area is 205 Å². The largest absolute Gasteiger partial charge is 0.480 e. The van der Waals surface area contributed by atoms with E-state index in [4.69, 9.17) is 0 Å². The van der Waals surface area contributed by atoms with Crippen LogP contribution >= 0.6 is 0 Å². The smallest absolute Gasteiger partial charge is 0.317 e. The van der Waals surface area contributed by atoms with E-state index in [1.165, 1.54) is 0 Å². The van der Waals surface area contributed by atoms with Crippen LogP contribution in [0.2, 0.25) is 0 Å². The van der Waals surface area contributed by atoms with E-state index >= 15 is 0 Å². The first-order valence-electron chi connectivity index (χ1n) is 11.7. The van der Waals surface area contributed by atoms with Crippen molar-refractivity contribution in [3.8, 4) is 0 Å². The average Bonchev–Trinajstić information content (AvgIpc) is 2.76. The van der Waals surface area contributed by atoms with Gasteiger partial charge in [0.2, 0.25) is 0 Å². The van der Waals surface area contributed by atoms with E-state index in [0.717, 1.165) is 22.3 Å². The summed E-state index contributed by atoms with van der Waals surface area (Å²) in [5.41, 5.74) is 4.02. The first-order valence-corrected chi connectivity index (χ1v) is 11.7. The third-order valence-electron chi connectivity index (χ3n) is 6.15. The number of carboxylic acids is 3. The molecule has 3 N–H and O–H groups in total.